The molecule has 88 valence electrons. The molecule has 2 aromatic heterocycles. The number of carbonyl (C=O) groups is 1. The van der Waals surface area contributed by atoms with Gasteiger partial charge in [-0.15, -0.1) is 0 Å². The fourth-order valence-corrected chi connectivity index (χ4v) is 1.83. The topological polar surface area (TPSA) is 80.7 Å². The van der Waals surface area contributed by atoms with E-state index < -0.39 is 0 Å². The number of hydrogen-bond donors (Lipinski definition) is 1. The van der Waals surface area contributed by atoms with E-state index >= 15 is 0 Å². The van der Waals surface area contributed by atoms with Crippen molar-refractivity contribution in [2.45, 2.75) is 20.4 Å². The first kappa shape index (κ1) is 11.6. The zero-order valence-corrected chi connectivity index (χ0v) is 10.3. The van der Waals surface area contributed by atoms with Crippen LogP contribution in [0.1, 0.15) is 27.0 Å². The maximum absolute atomic E-state index is 11.7. The molecule has 0 saturated carbocycles. The van der Waals surface area contributed by atoms with Gasteiger partial charge in [-0.25, -0.2) is 4.98 Å². The van der Waals surface area contributed by atoms with Crippen LogP contribution in [0.5, 0.6) is 0 Å². The molecule has 6 nitrogen and oxygen atoms in total. The van der Waals surface area contributed by atoms with Gasteiger partial charge in [0, 0.05) is 12.4 Å². The first-order valence-electron chi connectivity index (χ1n) is 5.02. The van der Waals surface area contributed by atoms with Crippen LogP contribution in [0.15, 0.2) is 12.4 Å². The summed E-state index contributed by atoms with van der Waals surface area (Å²) in [5.74, 6) is 0.372. The van der Waals surface area contributed by atoms with Crippen molar-refractivity contribution in [1.82, 2.24) is 24.6 Å². The Morgan fingerprint density at radius 2 is 2.12 bits per heavy atom. The Labute approximate surface area is 102 Å². The third kappa shape index (κ3) is 2.82. The van der Waals surface area contributed by atoms with E-state index in [-0.39, 0.29) is 5.91 Å². The minimum atomic E-state index is -0.236. The highest BCUT2D eigenvalue weighted by molar-refractivity contribution is 7.07. The molecule has 1 N–H and O–H groups in total. The van der Waals surface area contributed by atoms with Gasteiger partial charge in [-0.2, -0.15) is 4.37 Å². The molecule has 17 heavy (non-hydrogen) atoms. The Balaban J connectivity index is 1.99. The maximum atomic E-state index is 11.7. The summed E-state index contributed by atoms with van der Waals surface area (Å²) in [6.45, 7) is 3.95. The van der Waals surface area contributed by atoms with Crippen LogP contribution < -0.4 is 5.32 Å². The lowest BCUT2D eigenvalue weighted by Gasteiger charge is -2.03. The van der Waals surface area contributed by atoms with E-state index in [2.05, 4.69) is 24.6 Å². The summed E-state index contributed by atoms with van der Waals surface area (Å²) in [6, 6.07) is 0. The number of hydrogen-bond acceptors (Lipinski definition) is 6. The van der Waals surface area contributed by atoms with Gasteiger partial charge in [0.15, 0.2) is 0 Å². The molecule has 0 atom stereocenters. The van der Waals surface area contributed by atoms with E-state index in [0.717, 1.165) is 22.9 Å². The van der Waals surface area contributed by atoms with E-state index in [1.54, 1.807) is 19.3 Å². The smallest absolute Gasteiger partial charge is 0.282 e. The van der Waals surface area contributed by atoms with Gasteiger partial charge in [-0.3, -0.25) is 14.8 Å². The van der Waals surface area contributed by atoms with Crippen LogP contribution in [0.4, 0.5) is 0 Å². The fourth-order valence-electron chi connectivity index (χ4n) is 1.24. The summed E-state index contributed by atoms with van der Waals surface area (Å²) in [5, 5.41) is 3.10. The SMILES string of the molecule is Cc1nsc(C(=O)NCc2nccnc2C)n1. The van der Waals surface area contributed by atoms with Gasteiger partial charge in [-0.05, 0) is 25.4 Å². The highest BCUT2D eigenvalue weighted by Crippen LogP contribution is 2.04. The van der Waals surface area contributed by atoms with E-state index in [1.807, 2.05) is 6.92 Å². The number of nitrogens with one attached hydrogen (secondary N) is 1. The Hall–Kier alpha value is -1.89. The van der Waals surface area contributed by atoms with Gasteiger partial charge in [0.25, 0.3) is 5.91 Å². The third-order valence-corrected chi connectivity index (χ3v) is 2.93. The van der Waals surface area contributed by atoms with Gasteiger partial charge in [0.2, 0.25) is 5.01 Å². The fraction of sp³-hybridized carbons (Fsp3) is 0.300. The van der Waals surface area contributed by atoms with Crippen molar-refractivity contribution in [3.8, 4) is 0 Å². The number of aromatic nitrogens is 4. The number of aryl methyl sites for hydroxylation is 2. The first-order chi connectivity index (χ1) is 8.16. The van der Waals surface area contributed by atoms with Crippen molar-refractivity contribution in [3.63, 3.8) is 0 Å². The predicted octanol–water partition coefficient (Wildman–Crippen LogP) is 0.875. The van der Waals surface area contributed by atoms with Crippen molar-refractivity contribution in [2.75, 3.05) is 0 Å². The Morgan fingerprint density at radius 3 is 2.76 bits per heavy atom. The van der Waals surface area contributed by atoms with Crippen LogP contribution in [0, 0.1) is 13.8 Å². The highest BCUT2D eigenvalue weighted by atomic mass is 32.1. The van der Waals surface area contributed by atoms with Crippen molar-refractivity contribution in [3.05, 3.63) is 34.6 Å². The molecule has 0 aliphatic rings. The third-order valence-electron chi connectivity index (χ3n) is 2.12. The van der Waals surface area contributed by atoms with Gasteiger partial charge in [-0.1, -0.05) is 0 Å². The van der Waals surface area contributed by atoms with Crippen molar-refractivity contribution in [1.29, 1.82) is 0 Å². The second kappa shape index (κ2) is 4.96. The average molecular weight is 249 g/mol. The molecule has 0 unspecified atom stereocenters. The maximum Gasteiger partial charge on any atom is 0.282 e. The van der Waals surface area contributed by atoms with E-state index in [0.29, 0.717) is 17.4 Å². The largest absolute Gasteiger partial charge is 0.344 e. The van der Waals surface area contributed by atoms with E-state index in [4.69, 9.17) is 0 Å². The minimum Gasteiger partial charge on any atom is -0.344 e. The van der Waals surface area contributed by atoms with Crippen molar-refractivity contribution >= 4 is 17.4 Å². The molecule has 0 bridgehead atoms. The zero-order valence-electron chi connectivity index (χ0n) is 9.47. The molecule has 2 heterocycles. The lowest BCUT2D eigenvalue weighted by Crippen LogP contribution is -2.23. The number of carbonyl (C=O) groups excluding carboxylic acids is 1. The summed E-state index contributed by atoms with van der Waals surface area (Å²) in [7, 11) is 0. The Kier molecular flexibility index (Phi) is 3.38. The highest BCUT2D eigenvalue weighted by Gasteiger charge is 2.11. The van der Waals surface area contributed by atoms with Gasteiger partial charge < -0.3 is 5.32 Å². The van der Waals surface area contributed by atoms with Crippen molar-refractivity contribution in [2.24, 2.45) is 0 Å². The predicted molar refractivity (Wildman–Crippen MR) is 62.6 cm³/mol. The van der Waals surface area contributed by atoms with Crippen LogP contribution in [0.25, 0.3) is 0 Å². The molecule has 1 amide bonds. The quantitative estimate of drug-likeness (QED) is 0.873. The second-order valence-electron chi connectivity index (χ2n) is 3.42. The molecule has 2 rings (SSSR count). The molecule has 0 saturated heterocycles. The normalized spacial score (nSPS) is 10.2. The molecule has 0 aliphatic carbocycles. The Bertz CT molecular complexity index is 539. The first-order valence-corrected chi connectivity index (χ1v) is 5.79. The molecular weight excluding hydrogens is 238 g/mol. The van der Waals surface area contributed by atoms with Crippen LogP contribution in [0.3, 0.4) is 0 Å². The lowest BCUT2D eigenvalue weighted by molar-refractivity contribution is 0.0950. The molecule has 0 aromatic carbocycles. The minimum absolute atomic E-state index is 0.236. The average Bonchev–Trinajstić information content (AvgIpc) is 2.74. The van der Waals surface area contributed by atoms with Crippen molar-refractivity contribution < 1.29 is 4.79 Å². The molecular formula is C10H11N5OS. The summed E-state index contributed by atoms with van der Waals surface area (Å²) < 4.78 is 3.95. The van der Waals surface area contributed by atoms with Crippen LogP contribution in [-0.4, -0.2) is 25.2 Å². The van der Waals surface area contributed by atoms with Crippen LogP contribution in [-0.2, 0) is 6.54 Å². The molecule has 0 aliphatic heterocycles. The summed E-state index contributed by atoms with van der Waals surface area (Å²) in [5.41, 5.74) is 1.56. The standard InChI is InChI=1S/C10H11N5OS/c1-6-8(12-4-3-11-6)5-13-9(16)10-14-7(2)15-17-10/h3-4H,5H2,1-2H3,(H,13,16). The number of rotatable bonds is 3. The van der Waals surface area contributed by atoms with Gasteiger partial charge >= 0.3 is 0 Å². The zero-order chi connectivity index (χ0) is 12.3. The molecule has 0 radical (unpaired) electrons. The Morgan fingerprint density at radius 1 is 1.35 bits per heavy atom. The summed E-state index contributed by atoms with van der Waals surface area (Å²) in [6.07, 6.45) is 3.22. The molecule has 7 heteroatoms. The van der Waals surface area contributed by atoms with Gasteiger partial charge in [0.05, 0.1) is 17.9 Å². The number of nitrogens with zero attached hydrogens (tertiary/aromatic N) is 4. The summed E-state index contributed by atoms with van der Waals surface area (Å²) in [4.78, 5) is 23.9. The summed E-state index contributed by atoms with van der Waals surface area (Å²) >= 11 is 1.09. The van der Waals surface area contributed by atoms with Crippen LogP contribution >= 0.6 is 11.5 Å². The van der Waals surface area contributed by atoms with E-state index in [1.165, 1.54) is 0 Å². The number of amides is 1. The van der Waals surface area contributed by atoms with E-state index in [9.17, 15) is 4.79 Å². The van der Waals surface area contributed by atoms with Crippen LogP contribution in [0.2, 0.25) is 0 Å². The molecule has 0 fully saturated rings. The monoisotopic (exact) mass is 249 g/mol. The second-order valence-corrected chi connectivity index (χ2v) is 4.17. The molecule has 2 aromatic rings. The molecule has 0 spiro atoms. The van der Waals surface area contributed by atoms with Gasteiger partial charge in [0.1, 0.15) is 5.82 Å². The lowest BCUT2D eigenvalue weighted by atomic mass is 10.3.